The van der Waals surface area contributed by atoms with Crippen molar-refractivity contribution in [2.45, 2.75) is 32.2 Å². The number of hydrogen-bond acceptors (Lipinski definition) is 4. The van der Waals surface area contributed by atoms with E-state index >= 15 is 0 Å². The Bertz CT molecular complexity index is 216. The van der Waals surface area contributed by atoms with Gasteiger partial charge in [-0.25, -0.2) is 0 Å². The van der Waals surface area contributed by atoms with E-state index in [0.717, 1.165) is 52.2 Å². The molecule has 0 aromatic carbocycles. The highest BCUT2D eigenvalue weighted by atomic mass is 16.5. The van der Waals surface area contributed by atoms with Gasteiger partial charge in [-0.2, -0.15) is 0 Å². The largest absolute Gasteiger partial charge is 0.379 e. The van der Waals surface area contributed by atoms with Crippen molar-refractivity contribution in [1.29, 1.82) is 0 Å². The second-order valence-electron chi connectivity index (χ2n) is 4.67. The highest BCUT2D eigenvalue weighted by Gasteiger charge is 2.09. The third-order valence-electron chi connectivity index (χ3n) is 2.90. The summed E-state index contributed by atoms with van der Waals surface area (Å²) in [5, 5.41) is 2.93. The summed E-state index contributed by atoms with van der Waals surface area (Å²) in [7, 11) is 0. The molecular formula is C12H25N3O2. The molecule has 0 saturated carbocycles. The number of nitrogens with one attached hydrogen (secondary N) is 1. The molecule has 0 aliphatic carbocycles. The summed E-state index contributed by atoms with van der Waals surface area (Å²) in [5.41, 5.74) is 5.59. The summed E-state index contributed by atoms with van der Waals surface area (Å²) >= 11 is 0. The third kappa shape index (κ3) is 7.31. The van der Waals surface area contributed by atoms with Crippen LogP contribution in [0.15, 0.2) is 0 Å². The second-order valence-corrected chi connectivity index (χ2v) is 4.67. The molecule has 1 atom stereocenters. The first-order valence-electron chi connectivity index (χ1n) is 6.51. The van der Waals surface area contributed by atoms with E-state index in [1.54, 1.807) is 0 Å². The summed E-state index contributed by atoms with van der Waals surface area (Å²) in [6, 6.07) is 0.106. The van der Waals surface area contributed by atoms with Gasteiger partial charge in [-0.1, -0.05) is 0 Å². The van der Waals surface area contributed by atoms with Crippen LogP contribution in [0, 0.1) is 0 Å². The maximum absolute atomic E-state index is 11.4. The molecule has 1 unspecified atom stereocenters. The van der Waals surface area contributed by atoms with Crippen molar-refractivity contribution in [2.24, 2.45) is 5.73 Å². The van der Waals surface area contributed by atoms with Crippen molar-refractivity contribution in [2.75, 3.05) is 39.4 Å². The molecule has 3 N–H and O–H groups in total. The number of ether oxygens (including phenoxy) is 1. The lowest BCUT2D eigenvalue weighted by Crippen LogP contribution is -2.38. The molecule has 1 amide bonds. The fourth-order valence-corrected chi connectivity index (χ4v) is 1.80. The van der Waals surface area contributed by atoms with Crippen LogP contribution in [0.5, 0.6) is 0 Å². The number of carbonyl (C=O) groups excluding carboxylic acids is 1. The van der Waals surface area contributed by atoms with Gasteiger partial charge in [-0.15, -0.1) is 0 Å². The van der Waals surface area contributed by atoms with Crippen LogP contribution in [0.2, 0.25) is 0 Å². The standard InChI is InChI=1S/C12H25N3O2/c1-11(13)3-4-12(16)14-5-2-6-15-7-9-17-10-8-15/h11H,2-10,13H2,1H3,(H,14,16). The van der Waals surface area contributed by atoms with Crippen molar-refractivity contribution in [3.63, 3.8) is 0 Å². The molecule has 1 aliphatic heterocycles. The van der Waals surface area contributed by atoms with Crippen LogP contribution in [0.25, 0.3) is 0 Å². The van der Waals surface area contributed by atoms with E-state index in [2.05, 4.69) is 10.2 Å². The Labute approximate surface area is 104 Å². The topological polar surface area (TPSA) is 67.6 Å². The van der Waals surface area contributed by atoms with E-state index in [-0.39, 0.29) is 11.9 Å². The fraction of sp³-hybridized carbons (Fsp3) is 0.917. The van der Waals surface area contributed by atoms with Crippen LogP contribution >= 0.6 is 0 Å². The lowest BCUT2D eigenvalue weighted by molar-refractivity contribution is -0.121. The van der Waals surface area contributed by atoms with Gasteiger partial charge in [0.2, 0.25) is 5.91 Å². The Morgan fingerprint density at radius 2 is 2.18 bits per heavy atom. The number of hydrogen-bond donors (Lipinski definition) is 2. The Balaban J connectivity index is 1.94. The molecule has 0 radical (unpaired) electrons. The zero-order chi connectivity index (χ0) is 12.5. The first-order chi connectivity index (χ1) is 8.18. The maximum Gasteiger partial charge on any atom is 0.220 e. The van der Waals surface area contributed by atoms with Gasteiger partial charge in [0.25, 0.3) is 0 Å². The minimum absolute atomic E-state index is 0.106. The van der Waals surface area contributed by atoms with Gasteiger partial charge in [-0.3, -0.25) is 9.69 Å². The van der Waals surface area contributed by atoms with Gasteiger partial charge in [0.15, 0.2) is 0 Å². The molecule has 100 valence electrons. The molecule has 0 aromatic heterocycles. The zero-order valence-electron chi connectivity index (χ0n) is 10.8. The number of amides is 1. The minimum atomic E-state index is 0.106. The van der Waals surface area contributed by atoms with E-state index in [1.165, 1.54) is 0 Å². The van der Waals surface area contributed by atoms with Gasteiger partial charge in [-0.05, 0) is 26.3 Å². The van der Waals surface area contributed by atoms with Crippen LogP contribution < -0.4 is 11.1 Å². The smallest absolute Gasteiger partial charge is 0.220 e. The maximum atomic E-state index is 11.4. The quantitative estimate of drug-likeness (QED) is 0.615. The highest BCUT2D eigenvalue weighted by Crippen LogP contribution is 1.97. The minimum Gasteiger partial charge on any atom is -0.379 e. The molecule has 1 heterocycles. The van der Waals surface area contributed by atoms with Crippen LogP contribution in [-0.4, -0.2) is 56.2 Å². The molecule has 0 bridgehead atoms. The molecule has 0 aromatic rings. The van der Waals surface area contributed by atoms with Crippen molar-refractivity contribution in [3.05, 3.63) is 0 Å². The molecule has 5 nitrogen and oxygen atoms in total. The second kappa shape index (κ2) is 8.44. The van der Waals surface area contributed by atoms with Crippen molar-refractivity contribution >= 4 is 5.91 Å². The average molecular weight is 243 g/mol. The summed E-state index contributed by atoms with van der Waals surface area (Å²) in [5.74, 6) is 0.115. The van der Waals surface area contributed by atoms with Gasteiger partial charge < -0.3 is 15.8 Å². The Morgan fingerprint density at radius 3 is 2.82 bits per heavy atom. The van der Waals surface area contributed by atoms with E-state index in [1.807, 2.05) is 6.92 Å². The summed E-state index contributed by atoms with van der Waals surface area (Å²) < 4.78 is 5.28. The van der Waals surface area contributed by atoms with Crippen LogP contribution in [0.4, 0.5) is 0 Å². The number of morpholine rings is 1. The summed E-state index contributed by atoms with van der Waals surface area (Å²) in [6.45, 7) is 7.41. The molecule has 1 fully saturated rings. The first kappa shape index (κ1) is 14.4. The number of carbonyl (C=O) groups is 1. The molecule has 1 rings (SSSR count). The summed E-state index contributed by atoms with van der Waals surface area (Å²) in [4.78, 5) is 13.8. The number of nitrogens with two attached hydrogens (primary N) is 1. The van der Waals surface area contributed by atoms with Crippen LogP contribution in [-0.2, 0) is 9.53 Å². The Kier molecular flexibility index (Phi) is 7.16. The molecule has 1 aliphatic rings. The number of nitrogens with zero attached hydrogens (tertiary/aromatic N) is 1. The molecule has 0 spiro atoms. The van der Waals surface area contributed by atoms with Gasteiger partial charge >= 0.3 is 0 Å². The predicted octanol–water partition coefficient (Wildman–Crippen LogP) is -0.0477. The lowest BCUT2D eigenvalue weighted by atomic mass is 10.2. The van der Waals surface area contributed by atoms with E-state index in [9.17, 15) is 4.79 Å². The van der Waals surface area contributed by atoms with Gasteiger partial charge in [0.05, 0.1) is 13.2 Å². The van der Waals surface area contributed by atoms with E-state index in [0.29, 0.717) is 6.42 Å². The van der Waals surface area contributed by atoms with E-state index < -0.39 is 0 Å². The molecule has 17 heavy (non-hydrogen) atoms. The Hall–Kier alpha value is -0.650. The average Bonchev–Trinajstić information content (AvgIpc) is 2.33. The zero-order valence-corrected chi connectivity index (χ0v) is 10.8. The van der Waals surface area contributed by atoms with Crippen LogP contribution in [0.3, 0.4) is 0 Å². The highest BCUT2D eigenvalue weighted by molar-refractivity contribution is 5.75. The summed E-state index contributed by atoms with van der Waals surface area (Å²) in [6.07, 6.45) is 2.30. The molecule has 1 saturated heterocycles. The van der Waals surface area contributed by atoms with Gasteiger partial charge in [0.1, 0.15) is 0 Å². The Morgan fingerprint density at radius 1 is 1.47 bits per heavy atom. The predicted molar refractivity (Wildman–Crippen MR) is 67.8 cm³/mol. The van der Waals surface area contributed by atoms with Gasteiger partial charge in [0, 0.05) is 32.1 Å². The number of rotatable bonds is 7. The van der Waals surface area contributed by atoms with E-state index in [4.69, 9.17) is 10.5 Å². The third-order valence-corrected chi connectivity index (χ3v) is 2.90. The first-order valence-corrected chi connectivity index (χ1v) is 6.51. The SMILES string of the molecule is CC(N)CCC(=O)NCCCN1CCOCC1. The van der Waals surface area contributed by atoms with Crippen molar-refractivity contribution in [3.8, 4) is 0 Å². The molecule has 5 heteroatoms. The molecular weight excluding hydrogens is 218 g/mol. The van der Waals surface area contributed by atoms with Crippen LogP contribution in [0.1, 0.15) is 26.2 Å². The van der Waals surface area contributed by atoms with Crippen molar-refractivity contribution in [1.82, 2.24) is 10.2 Å². The fourth-order valence-electron chi connectivity index (χ4n) is 1.80. The monoisotopic (exact) mass is 243 g/mol. The lowest BCUT2D eigenvalue weighted by Gasteiger charge is -2.26. The van der Waals surface area contributed by atoms with Crippen molar-refractivity contribution < 1.29 is 9.53 Å². The normalized spacial score (nSPS) is 18.9.